The molecule has 3 aromatic carbocycles. The van der Waals surface area contributed by atoms with Crippen LogP contribution in [0.2, 0.25) is 0 Å². The first-order valence-electron chi connectivity index (χ1n) is 12.6. The van der Waals surface area contributed by atoms with Gasteiger partial charge in [0.15, 0.2) is 0 Å². The molecule has 0 atom stereocenters. The van der Waals surface area contributed by atoms with Crippen LogP contribution in [-0.2, 0) is 27.6 Å². The maximum absolute atomic E-state index is 10.8. The van der Waals surface area contributed by atoms with E-state index in [1.807, 2.05) is 53.1 Å². The van der Waals surface area contributed by atoms with Crippen molar-refractivity contribution in [2.45, 2.75) is 52.4 Å². The van der Waals surface area contributed by atoms with E-state index in [-0.39, 0.29) is 46.5 Å². The minimum absolute atomic E-state index is 0. The van der Waals surface area contributed by atoms with Gasteiger partial charge in [-0.2, -0.15) is 0 Å². The minimum Gasteiger partial charge on any atom is -0.508 e. The number of hydrogen-bond donors (Lipinski definition) is 2. The van der Waals surface area contributed by atoms with Gasteiger partial charge in [0, 0.05) is 18.2 Å². The summed E-state index contributed by atoms with van der Waals surface area (Å²) in [5.41, 5.74) is 6.74. The summed E-state index contributed by atoms with van der Waals surface area (Å²) in [7, 11) is 4.39. The van der Waals surface area contributed by atoms with Crippen molar-refractivity contribution in [3.63, 3.8) is 0 Å². The predicted molar refractivity (Wildman–Crippen MR) is 158 cm³/mol. The zero-order valence-corrected chi connectivity index (χ0v) is 24.8. The zero-order chi connectivity index (χ0) is 26.7. The average molecular weight is 565 g/mol. The van der Waals surface area contributed by atoms with Crippen LogP contribution >= 0.6 is 0 Å². The Morgan fingerprint density at radius 2 is 1.15 bits per heavy atom. The number of hydrogen-bond acceptors (Lipinski definition) is 3. The van der Waals surface area contributed by atoms with E-state index >= 15 is 0 Å². The summed E-state index contributed by atoms with van der Waals surface area (Å²) in [6, 6.07) is 23.6. The van der Waals surface area contributed by atoms with Crippen molar-refractivity contribution in [1.29, 1.82) is 0 Å². The molecule has 203 valence electrons. The second kappa shape index (κ2) is 10.6. The van der Waals surface area contributed by atoms with Gasteiger partial charge < -0.3 is 22.2 Å². The van der Waals surface area contributed by atoms with Crippen molar-refractivity contribution < 1.29 is 31.6 Å². The maximum atomic E-state index is 10.8. The fraction of sp³-hybridized carbons (Fsp3) is 0.235. The molecule has 0 aliphatic carbocycles. The molecule has 5 heteroatoms. The van der Waals surface area contributed by atoms with Gasteiger partial charge in [-0.05, 0) is 63.1 Å². The average Bonchev–Trinajstić information content (AvgIpc) is 2.83. The molecule has 2 heterocycles. The standard InChI is InChI=1S/C33H34N2O2.CH3.Co/c1-32(2,3)22-12-16-28(36)24(18-22)26-14-10-20-8-9-21-11-15-27(35(7)31(21)30(20)34-26)25-19-23(33(4,5)6)13-17-29(25)37;;/h8-19,36-37H,7H2,1-6H3;1H3;/q;-1;+2. The summed E-state index contributed by atoms with van der Waals surface area (Å²) < 4.78 is 1.86. The summed E-state index contributed by atoms with van der Waals surface area (Å²) in [5, 5.41) is 23.5. The van der Waals surface area contributed by atoms with Crippen molar-refractivity contribution in [2.75, 3.05) is 0 Å². The van der Waals surface area contributed by atoms with Gasteiger partial charge in [0.1, 0.15) is 22.7 Å². The third-order valence-corrected chi connectivity index (χ3v) is 7.13. The molecule has 0 amide bonds. The summed E-state index contributed by atoms with van der Waals surface area (Å²) >= 11 is 0. The Morgan fingerprint density at radius 1 is 0.667 bits per heavy atom. The summed E-state index contributed by atoms with van der Waals surface area (Å²) in [4.78, 5) is 5.05. The van der Waals surface area contributed by atoms with E-state index < -0.39 is 0 Å². The molecule has 0 unspecified atom stereocenters. The number of pyridine rings is 2. The van der Waals surface area contributed by atoms with Gasteiger partial charge in [0.25, 0.3) is 0 Å². The molecule has 1 radical (unpaired) electrons. The Bertz CT molecular complexity index is 1680. The molecule has 0 bridgehead atoms. The molecule has 0 saturated carbocycles. The monoisotopic (exact) mass is 564 g/mol. The van der Waals surface area contributed by atoms with Crippen LogP contribution in [0.3, 0.4) is 0 Å². The van der Waals surface area contributed by atoms with Crippen LogP contribution in [0.1, 0.15) is 52.7 Å². The molecule has 0 saturated heterocycles. The van der Waals surface area contributed by atoms with Gasteiger partial charge in [-0.3, -0.25) is 4.98 Å². The van der Waals surface area contributed by atoms with E-state index in [1.165, 1.54) is 0 Å². The number of phenolic OH excluding ortho intramolecular Hbond substituents is 2. The Hall–Kier alpha value is -3.54. The topological polar surface area (TPSA) is 57.2 Å². The second-order valence-electron chi connectivity index (χ2n) is 11.9. The van der Waals surface area contributed by atoms with E-state index in [9.17, 15) is 10.2 Å². The quantitative estimate of drug-likeness (QED) is 0.129. The summed E-state index contributed by atoms with van der Waals surface area (Å²) in [5.74, 6) is 0.412. The third-order valence-electron chi connectivity index (χ3n) is 7.13. The number of fused-ring (bicyclic) bond motifs is 3. The van der Waals surface area contributed by atoms with E-state index in [1.54, 1.807) is 12.1 Å². The molecule has 0 spiro atoms. The fourth-order valence-corrected chi connectivity index (χ4v) is 4.79. The van der Waals surface area contributed by atoms with Crippen LogP contribution in [0.15, 0.2) is 72.8 Å². The van der Waals surface area contributed by atoms with Gasteiger partial charge >= 0.3 is 16.8 Å². The van der Waals surface area contributed by atoms with E-state index in [0.717, 1.165) is 44.2 Å². The van der Waals surface area contributed by atoms with Gasteiger partial charge in [-0.25, -0.2) is 0 Å². The van der Waals surface area contributed by atoms with E-state index in [0.29, 0.717) is 11.3 Å². The molecule has 0 fully saturated rings. The first-order valence-corrected chi connectivity index (χ1v) is 12.6. The largest absolute Gasteiger partial charge is 2.00 e. The SMILES string of the molecule is [CH2-][n+]1c(-c2cc(C(C)(C)C)ccc2O)ccc2ccc3ccc(-c4cc(C(C)(C)C)ccc4O)nc3c21.[CH3-].[Co+2]. The number of aromatic nitrogens is 2. The van der Waals surface area contributed by atoms with Crippen LogP contribution < -0.4 is 4.57 Å². The van der Waals surface area contributed by atoms with Crippen LogP contribution in [-0.4, -0.2) is 15.2 Å². The molecule has 39 heavy (non-hydrogen) atoms. The number of phenols is 2. The smallest absolute Gasteiger partial charge is 0.508 e. The van der Waals surface area contributed by atoms with Crippen molar-refractivity contribution in [1.82, 2.24) is 4.98 Å². The Kier molecular flexibility index (Phi) is 8.12. The second-order valence-corrected chi connectivity index (χ2v) is 11.9. The normalized spacial score (nSPS) is 11.7. The van der Waals surface area contributed by atoms with Crippen molar-refractivity contribution in [3.8, 4) is 34.0 Å². The molecule has 2 aromatic heterocycles. The molecule has 2 N–H and O–H groups in total. The number of benzene rings is 3. The first kappa shape index (κ1) is 30.0. The van der Waals surface area contributed by atoms with Crippen LogP contribution in [0.4, 0.5) is 0 Å². The summed E-state index contributed by atoms with van der Waals surface area (Å²) in [6.07, 6.45) is 0. The van der Waals surface area contributed by atoms with Crippen molar-refractivity contribution in [3.05, 3.63) is 98.4 Å². The number of nitrogens with zero attached hydrogens (tertiary/aromatic N) is 2. The molecule has 5 aromatic rings. The Balaban J connectivity index is 0.00000210. The van der Waals surface area contributed by atoms with Crippen molar-refractivity contribution in [2.24, 2.45) is 0 Å². The molecule has 0 aliphatic rings. The van der Waals surface area contributed by atoms with Crippen LogP contribution in [0.25, 0.3) is 44.3 Å². The third kappa shape index (κ3) is 5.47. The van der Waals surface area contributed by atoms with Crippen molar-refractivity contribution >= 4 is 21.8 Å². The minimum atomic E-state index is -0.0575. The fourth-order valence-electron chi connectivity index (χ4n) is 4.79. The van der Waals surface area contributed by atoms with Crippen LogP contribution in [0.5, 0.6) is 11.5 Å². The number of aromatic hydroxyl groups is 2. The van der Waals surface area contributed by atoms with E-state index in [4.69, 9.17) is 4.98 Å². The Labute approximate surface area is 242 Å². The van der Waals surface area contributed by atoms with Gasteiger partial charge in [0.2, 0.25) is 0 Å². The van der Waals surface area contributed by atoms with Gasteiger partial charge in [0.05, 0.1) is 11.2 Å². The van der Waals surface area contributed by atoms with E-state index in [2.05, 4.69) is 60.7 Å². The number of rotatable bonds is 2. The molecular weight excluding hydrogens is 527 g/mol. The first-order chi connectivity index (χ1) is 17.3. The molecule has 0 aliphatic heterocycles. The summed E-state index contributed by atoms with van der Waals surface area (Å²) in [6.45, 7) is 12.9. The van der Waals surface area contributed by atoms with Gasteiger partial charge in [-0.15, -0.1) is 0 Å². The molecule has 5 rings (SSSR count). The molecular formula is C34H37CoN2O2+. The maximum Gasteiger partial charge on any atom is 2.00 e. The predicted octanol–water partition coefficient (Wildman–Crippen LogP) is 8.10. The van der Waals surface area contributed by atoms with Gasteiger partial charge in [-0.1, -0.05) is 84.0 Å². The van der Waals surface area contributed by atoms with Crippen LogP contribution in [0, 0.1) is 14.5 Å². The molecule has 4 nitrogen and oxygen atoms in total. The zero-order valence-electron chi connectivity index (χ0n) is 23.8. The Morgan fingerprint density at radius 3 is 1.74 bits per heavy atom.